The molecule has 0 bridgehead atoms. The van der Waals surface area contributed by atoms with Crippen molar-refractivity contribution in [3.05, 3.63) is 220 Å². The molecule has 0 aliphatic heterocycles. The SMILES string of the molecule is c1cc[n+](-c2cc3c4cc(-[n+]5ccccc5)c(-[n+]5ccccc5)cc4c4cc(-[n+]5ccccc5)c(-[n+]5ccccc5)cc4c3cc2-[n+]2ccccc2)cc1. The van der Waals surface area contributed by atoms with Crippen LogP contribution in [0.5, 0.6) is 0 Å². The minimum Gasteiger partial charge on any atom is -0.161 e. The second kappa shape index (κ2) is 13.3. The van der Waals surface area contributed by atoms with Crippen LogP contribution in [0.25, 0.3) is 66.4 Å². The Morgan fingerprint density at radius 2 is 0.296 bits per heavy atom. The zero-order valence-corrected chi connectivity index (χ0v) is 29.5. The fourth-order valence-electron chi connectivity index (χ4n) is 7.66. The predicted molar refractivity (Wildman–Crippen MR) is 208 cm³/mol. The molecule has 252 valence electrons. The van der Waals surface area contributed by atoms with Crippen molar-refractivity contribution in [2.45, 2.75) is 0 Å². The minimum absolute atomic E-state index is 1.09. The molecule has 10 aromatic rings. The molecule has 0 amide bonds. The average Bonchev–Trinajstić information content (AvgIpc) is 3.27. The van der Waals surface area contributed by atoms with Gasteiger partial charge in [0.25, 0.3) is 34.1 Å². The topological polar surface area (TPSA) is 23.3 Å². The Bertz CT molecular complexity index is 2380. The second-order valence-electron chi connectivity index (χ2n) is 13.4. The predicted octanol–water partition coefficient (Wildman–Crippen LogP) is 6.81. The van der Waals surface area contributed by atoms with E-state index < -0.39 is 0 Å². The lowest BCUT2D eigenvalue weighted by molar-refractivity contribution is -0.633. The van der Waals surface area contributed by atoms with E-state index in [0.717, 1.165) is 34.1 Å². The lowest BCUT2D eigenvalue weighted by Gasteiger charge is -2.13. The summed E-state index contributed by atoms with van der Waals surface area (Å²) in [7, 11) is 0. The van der Waals surface area contributed by atoms with E-state index in [1.165, 1.54) is 32.3 Å². The van der Waals surface area contributed by atoms with Crippen molar-refractivity contribution in [1.82, 2.24) is 0 Å². The Labute approximate surface area is 312 Å². The molecule has 0 fully saturated rings. The van der Waals surface area contributed by atoms with Crippen molar-refractivity contribution in [2.24, 2.45) is 0 Å². The van der Waals surface area contributed by atoms with Gasteiger partial charge in [-0.3, -0.25) is 0 Å². The molecule has 6 heterocycles. The summed E-state index contributed by atoms with van der Waals surface area (Å²) in [5.74, 6) is 0. The Hall–Kier alpha value is -7.44. The highest BCUT2D eigenvalue weighted by Crippen LogP contribution is 2.40. The molecular weight excluding hydrogens is 661 g/mol. The van der Waals surface area contributed by atoms with Crippen molar-refractivity contribution >= 4 is 32.3 Å². The highest BCUT2D eigenvalue weighted by atomic mass is 15.0. The first kappa shape index (κ1) is 31.3. The van der Waals surface area contributed by atoms with Gasteiger partial charge in [0.2, 0.25) is 0 Å². The van der Waals surface area contributed by atoms with Gasteiger partial charge in [-0.15, -0.1) is 0 Å². The molecule has 0 spiro atoms. The van der Waals surface area contributed by atoms with E-state index in [9.17, 15) is 0 Å². The molecule has 54 heavy (non-hydrogen) atoms. The highest BCUT2D eigenvalue weighted by molar-refractivity contribution is 6.27. The number of hydrogen-bond donors (Lipinski definition) is 0. The van der Waals surface area contributed by atoms with Crippen LogP contribution in [0.15, 0.2) is 220 Å². The summed E-state index contributed by atoms with van der Waals surface area (Å²) >= 11 is 0. The molecule has 0 N–H and O–H groups in total. The Kier molecular flexibility index (Phi) is 7.69. The van der Waals surface area contributed by atoms with Gasteiger partial charge in [-0.1, -0.05) is 36.4 Å². The van der Waals surface area contributed by atoms with Gasteiger partial charge in [-0.2, -0.15) is 27.4 Å². The fraction of sp³-hybridized carbons (Fsp3) is 0. The number of hydrogen-bond acceptors (Lipinski definition) is 0. The average molecular weight is 697 g/mol. The van der Waals surface area contributed by atoms with Gasteiger partial charge in [0.15, 0.2) is 74.4 Å². The van der Waals surface area contributed by atoms with Crippen LogP contribution in [0.3, 0.4) is 0 Å². The maximum atomic E-state index is 2.37. The summed E-state index contributed by atoms with van der Waals surface area (Å²) < 4.78 is 13.3. The molecule has 0 aliphatic carbocycles. The van der Waals surface area contributed by atoms with Gasteiger partial charge in [-0.05, 0) is 32.3 Å². The molecular formula is C48H36N6+6. The molecule has 6 heteroatoms. The van der Waals surface area contributed by atoms with Crippen LogP contribution < -0.4 is 27.4 Å². The van der Waals surface area contributed by atoms with Crippen molar-refractivity contribution in [1.29, 1.82) is 0 Å². The third kappa shape index (κ3) is 5.45. The molecule has 0 saturated carbocycles. The molecule has 0 atom stereocenters. The molecule has 6 nitrogen and oxygen atoms in total. The third-order valence-electron chi connectivity index (χ3n) is 10.2. The maximum absolute atomic E-state index is 2.37. The van der Waals surface area contributed by atoms with E-state index in [1.807, 2.05) is 0 Å². The summed E-state index contributed by atoms with van der Waals surface area (Å²) in [6.07, 6.45) is 25.5. The lowest BCUT2D eigenvalue weighted by Crippen LogP contribution is -2.39. The molecule has 6 aromatic heterocycles. The summed E-state index contributed by atoms with van der Waals surface area (Å²) in [6, 6.07) is 51.6. The summed E-state index contributed by atoms with van der Waals surface area (Å²) in [4.78, 5) is 0. The molecule has 0 unspecified atom stereocenters. The van der Waals surface area contributed by atoms with Crippen LogP contribution in [-0.4, -0.2) is 0 Å². The van der Waals surface area contributed by atoms with E-state index in [2.05, 4.69) is 247 Å². The first-order chi connectivity index (χ1) is 26.8. The first-order valence-electron chi connectivity index (χ1n) is 18.2. The molecule has 10 rings (SSSR count). The van der Waals surface area contributed by atoms with E-state index >= 15 is 0 Å². The molecule has 4 aromatic carbocycles. The molecule has 0 radical (unpaired) electrons. The number of fused-ring (bicyclic) bond motifs is 6. The minimum atomic E-state index is 1.09. The van der Waals surface area contributed by atoms with Crippen molar-refractivity contribution < 1.29 is 27.4 Å². The largest absolute Gasteiger partial charge is 0.283 e. The van der Waals surface area contributed by atoms with E-state index in [0.29, 0.717) is 0 Å². The number of aromatic nitrogens is 6. The zero-order chi connectivity index (χ0) is 35.8. The van der Waals surface area contributed by atoms with E-state index in [-0.39, 0.29) is 0 Å². The smallest absolute Gasteiger partial charge is 0.161 e. The Morgan fingerprint density at radius 1 is 0.167 bits per heavy atom. The monoisotopic (exact) mass is 696 g/mol. The normalized spacial score (nSPS) is 11.3. The van der Waals surface area contributed by atoms with Crippen molar-refractivity contribution in [3.63, 3.8) is 0 Å². The van der Waals surface area contributed by atoms with Crippen molar-refractivity contribution in [2.75, 3.05) is 0 Å². The second-order valence-corrected chi connectivity index (χ2v) is 13.4. The summed E-state index contributed by atoms with van der Waals surface area (Å²) in [5.41, 5.74) is 6.52. The van der Waals surface area contributed by atoms with Crippen molar-refractivity contribution in [3.8, 4) is 34.1 Å². The van der Waals surface area contributed by atoms with Crippen LogP contribution in [-0.2, 0) is 0 Å². The van der Waals surface area contributed by atoms with Gasteiger partial charge in [0.05, 0.1) is 0 Å². The van der Waals surface area contributed by atoms with Gasteiger partial charge < -0.3 is 0 Å². The summed E-state index contributed by atoms with van der Waals surface area (Å²) in [6.45, 7) is 0. The fourth-order valence-corrected chi connectivity index (χ4v) is 7.66. The number of pyridine rings is 6. The van der Waals surface area contributed by atoms with Crippen LogP contribution >= 0.6 is 0 Å². The van der Waals surface area contributed by atoms with Gasteiger partial charge in [0.1, 0.15) is 0 Å². The Balaban J connectivity index is 1.42. The molecule has 0 saturated heterocycles. The van der Waals surface area contributed by atoms with Gasteiger partial charge >= 0.3 is 0 Å². The standard InChI is InChI=1S/C48H36N6/c1-7-19-49(20-8-1)43-31-37-38(32-44(43)50-21-9-2-10-22-50)40-34-46(52-25-13-4-14-26-52)48(54-29-17-6-18-30-54)36-42(40)41-35-47(53-27-15-5-16-28-53)45(33-39(37)41)51-23-11-3-12-24-51/h1-36H/q+6. The first-order valence-corrected chi connectivity index (χ1v) is 18.2. The number of rotatable bonds is 6. The summed E-state index contributed by atoms with van der Waals surface area (Å²) in [5, 5.41) is 7.06. The van der Waals surface area contributed by atoms with Crippen LogP contribution in [0.2, 0.25) is 0 Å². The van der Waals surface area contributed by atoms with Gasteiger partial charge in [-0.25, -0.2) is 0 Å². The van der Waals surface area contributed by atoms with Crippen LogP contribution in [0.1, 0.15) is 0 Å². The lowest BCUT2D eigenvalue weighted by atomic mass is 9.91. The van der Waals surface area contributed by atoms with E-state index in [1.54, 1.807) is 0 Å². The number of nitrogens with zero attached hydrogens (tertiary/aromatic N) is 6. The highest BCUT2D eigenvalue weighted by Gasteiger charge is 2.30. The van der Waals surface area contributed by atoms with Crippen LogP contribution in [0, 0.1) is 0 Å². The Morgan fingerprint density at radius 3 is 0.426 bits per heavy atom. The van der Waals surface area contributed by atoms with E-state index in [4.69, 9.17) is 0 Å². The zero-order valence-electron chi connectivity index (χ0n) is 29.5. The maximum Gasteiger partial charge on any atom is 0.283 e. The van der Waals surface area contributed by atoms with Gasteiger partial charge in [0, 0.05) is 109 Å². The third-order valence-corrected chi connectivity index (χ3v) is 10.2. The molecule has 0 aliphatic rings. The van der Waals surface area contributed by atoms with Crippen LogP contribution in [0.4, 0.5) is 0 Å². The quantitative estimate of drug-likeness (QED) is 0.135. The number of benzene rings is 4.